The van der Waals surface area contributed by atoms with E-state index in [0.29, 0.717) is 13.2 Å². The molecule has 1 heterocycles. The highest BCUT2D eigenvalue weighted by atomic mass is 32.2. The standard InChI is InChI=1S/C12H24N2O4S/c1-3-4-10(8-18-2)14-12(15)7-11-9-19(16,17)6-5-13-11/h10-11,13H,3-9H2,1-2H3,(H,14,15). The van der Waals surface area contributed by atoms with Gasteiger partial charge in [0, 0.05) is 26.1 Å². The second kappa shape index (κ2) is 7.81. The molecule has 0 aromatic rings. The van der Waals surface area contributed by atoms with Crippen LogP contribution in [0.2, 0.25) is 0 Å². The number of nitrogens with one attached hydrogen (secondary N) is 2. The van der Waals surface area contributed by atoms with Crippen LogP contribution >= 0.6 is 0 Å². The normalized spacial score (nSPS) is 23.8. The minimum absolute atomic E-state index is 0.00250. The molecular weight excluding hydrogens is 268 g/mol. The fraction of sp³-hybridized carbons (Fsp3) is 0.917. The molecule has 2 atom stereocenters. The summed E-state index contributed by atoms with van der Waals surface area (Å²) >= 11 is 0. The van der Waals surface area contributed by atoms with E-state index in [2.05, 4.69) is 10.6 Å². The van der Waals surface area contributed by atoms with Gasteiger partial charge in [0.05, 0.1) is 24.2 Å². The lowest BCUT2D eigenvalue weighted by Gasteiger charge is -2.24. The predicted octanol–water partition coefficient (Wildman–Crippen LogP) is -0.306. The van der Waals surface area contributed by atoms with Crippen molar-refractivity contribution >= 4 is 15.7 Å². The Morgan fingerprint density at radius 1 is 1.53 bits per heavy atom. The largest absolute Gasteiger partial charge is 0.383 e. The molecule has 0 aromatic carbocycles. The minimum Gasteiger partial charge on any atom is -0.383 e. The van der Waals surface area contributed by atoms with Gasteiger partial charge in [0.15, 0.2) is 9.84 Å². The summed E-state index contributed by atoms with van der Waals surface area (Å²) in [6.45, 7) is 2.96. The average Bonchev–Trinajstić information content (AvgIpc) is 2.27. The second-order valence-electron chi connectivity index (χ2n) is 4.98. The molecule has 1 fully saturated rings. The third kappa shape index (κ3) is 6.35. The van der Waals surface area contributed by atoms with E-state index in [4.69, 9.17) is 4.74 Å². The van der Waals surface area contributed by atoms with Gasteiger partial charge >= 0.3 is 0 Å². The van der Waals surface area contributed by atoms with Crippen LogP contribution in [0.3, 0.4) is 0 Å². The van der Waals surface area contributed by atoms with Gasteiger partial charge in [-0.15, -0.1) is 0 Å². The van der Waals surface area contributed by atoms with E-state index in [-0.39, 0.29) is 35.9 Å². The van der Waals surface area contributed by atoms with E-state index in [1.54, 1.807) is 7.11 Å². The first-order valence-electron chi connectivity index (χ1n) is 6.69. The maximum Gasteiger partial charge on any atom is 0.221 e. The molecule has 0 aromatic heterocycles. The van der Waals surface area contributed by atoms with Gasteiger partial charge < -0.3 is 15.4 Å². The van der Waals surface area contributed by atoms with Gasteiger partial charge in [-0.3, -0.25) is 4.79 Å². The zero-order valence-electron chi connectivity index (χ0n) is 11.6. The van der Waals surface area contributed by atoms with Crippen molar-refractivity contribution in [3.8, 4) is 0 Å². The molecule has 7 heteroatoms. The van der Waals surface area contributed by atoms with Crippen molar-refractivity contribution in [1.29, 1.82) is 0 Å². The number of ether oxygens (including phenoxy) is 1. The van der Waals surface area contributed by atoms with E-state index >= 15 is 0 Å². The molecule has 1 saturated heterocycles. The number of amides is 1. The molecule has 0 bridgehead atoms. The Morgan fingerprint density at radius 2 is 2.26 bits per heavy atom. The van der Waals surface area contributed by atoms with Gasteiger partial charge in [-0.2, -0.15) is 0 Å². The van der Waals surface area contributed by atoms with Gasteiger partial charge in [-0.05, 0) is 6.42 Å². The van der Waals surface area contributed by atoms with E-state index in [0.717, 1.165) is 12.8 Å². The Kier molecular flexibility index (Phi) is 6.74. The number of sulfone groups is 1. The topological polar surface area (TPSA) is 84.5 Å². The van der Waals surface area contributed by atoms with Crippen LogP contribution in [0.15, 0.2) is 0 Å². The Labute approximate surface area is 115 Å². The van der Waals surface area contributed by atoms with Gasteiger partial charge in [0.25, 0.3) is 0 Å². The first kappa shape index (κ1) is 16.4. The number of carbonyl (C=O) groups is 1. The van der Waals surface area contributed by atoms with Gasteiger partial charge in [0.2, 0.25) is 5.91 Å². The van der Waals surface area contributed by atoms with Crippen LogP contribution in [-0.2, 0) is 19.4 Å². The summed E-state index contributed by atoms with van der Waals surface area (Å²) in [6.07, 6.45) is 2.02. The van der Waals surface area contributed by atoms with Crippen LogP contribution in [-0.4, -0.2) is 58.2 Å². The molecule has 2 unspecified atom stereocenters. The molecule has 0 radical (unpaired) electrons. The van der Waals surface area contributed by atoms with Gasteiger partial charge in [0.1, 0.15) is 0 Å². The molecule has 0 spiro atoms. The SMILES string of the molecule is CCCC(COC)NC(=O)CC1CS(=O)(=O)CCN1. The zero-order valence-corrected chi connectivity index (χ0v) is 12.5. The van der Waals surface area contributed by atoms with E-state index in [1.807, 2.05) is 6.92 Å². The van der Waals surface area contributed by atoms with Crippen LogP contribution in [0.5, 0.6) is 0 Å². The molecule has 1 aliphatic rings. The molecule has 1 amide bonds. The van der Waals surface area contributed by atoms with Crippen molar-refractivity contribution in [1.82, 2.24) is 10.6 Å². The van der Waals surface area contributed by atoms with Crippen LogP contribution in [0.1, 0.15) is 26.2 Å². The van der Waals surface area contributed by atoms with Crippen LogP contribution in [0.4, 0.5) is 0 Å². The summed E-state index contributed by atoms with van der Waals surface area (Å²) in [6, 6.07) is -0.272. The van der Waals surface area contributed by atoms with Crippen LogP contribution < -0.4 is 10.6 Å². The fourth-order valence-corrected chi connectivity index (χ4v) is 3.70. The molecule has 2 N–H and O–H groups in total. The molecule has 1 aliphatic heterocycles. The van der Waals surface area contributed by atoms with Crippen molar-refractivity contribution in [3.05, 3.63) is 0 Å². The highest BCUT2D eigenvalue weighted by Crippen LogP contribution is 2.06. The van der Waals surface area contributed by atoms with Crippen molar-refractivity contribution in [3.63, 3.8) is 0 Å². The summed E-state index contributed by atoms with van der Waals surface area (Å²) in [5.41, 5.74) is 0. The highest BCUT2D eigenvalue weighted by molar-refractivity contribution is 7.91. The van der Waals surface area contributed by atoms with E-state index in [1.165, 1.54) is 0 Å². The third-order valence-electron chi connectivity index (χ3n) is 3.10. The van der Waals surface area contributed by atoms with Crippen LogP contribution in [0, 0.1) is 0 Å². The number of methoxy groups -OCH3 is 1. The van der Waals surface area contributed by atoms with E-state index in [9.17, 15) is 13.2 Å². The van der Waals surface area contributed by atoms with Crippen molar-refractivity contribution in [2.24, 2.45) is 0 Å². The molecular formula is C12H24N2O4S. The lowest BCUT2D eigenvalue weighted by molar-refractivity contribution is -0.122. The first-order valence-corrected chi connectivity index (χ1v) is 8.51. The van der Waals surface area contributed by atoms with Gasteiger partial charge in [-0.25, -0.2) is 8.42 Å². The monoisotopic (exact) mass is 292 g/mol. The van der Waals surface area contributed by atoms with Crippen molar-refractivity contribution in [2.45, 2.75) is 38.3 Å². The maximum absolute atomic E-state index is 11.9. The van der Waals surface area contributed by atoms with Crippen molar-refractivity contribution < 1.29 is 17.9 Å². The molecule has 6 nitrogen and oxygen atoms in total. The Morgan fingerprint density at radius 3 is 2.84 bits per heavy atom. The minimum atomic E-state index is -2.99. The Balaban J connectivity index is 2.41. The Bertz CT molecular complexity index is 377. The summed E-state index contributed by atoms with van der Waals surface area (Å²) in [7, 11) is -1.39. The summed E-state index contributed by atoms with van der Waals surface area (Å²) in [5, 5.41) is 5.97. The number of hydrogen-bond donors (Lipinski definition) is 2. The van der Waals surface area contributed by atoms with Gasteiger partial charge in [-0.1, -0.05) is 13.3 Å². The van der Waals surface area contributed by atoms with Crippen molar-refractivity contribution in [2.75, 3.05) is 31.8 Å². The summed E-state index contributed by atoms with van der Waals surface area (Å²) in [4.78, 5) is 11.9. The molecule has 0 aliphatic carbocycles. The lowest BCUT2D eigenvalue weighted by atomic mass is 10.1. The first-order chi connectivity index (χ1) is 8.96. The lowest BCUT2D eigenvalue weighted by Crippen LogP contribution is -2.48. The van der Waals surface area contributed by atoms with E-state index < -0.39 is 9.84 Å². The summed E-state index contributed by atoms with van der Waals surface area (Å²) < 4.78 is 28.0. The van der Waals surface area contributed by atoms with Crippen LogP contribution in [0.25, 0.3) is 0 Å². The smallest absolute Gasteiger partial charge is 0.221 e. The molecule has 0 saturated carbocycles. The molecule has 1 rings (SSSR count). The zero-order chi connectivity index (χ0) is 14.3. The predicted molar refractivity (Wildman–Crippen MR) is 73.8 cm³/mol. The average molecular weight is 292 g/mol. The second-order valence-corrected chi connectivity index (χ2v) is 7.21. The number of rotatable bonds is 7. The summed E-state index contributed by atoms with van der Waals surface area (Å²) in [5.74, 6) is 0.0845. The molecule has 112 valence electrons. The third-order valence-corrected chi connectivity index (χ3v) is 4.84. The quantitative estimate of drug-likeness (QED) is 0.673. The fourth-order valence-electron chi connectivity index (χ4n) is 2.26. The Hall–Kier alpha value is -0.660. The molecule has 19 heavy (non-hydrogen) atoms. The number of carbonyl (C=O) groups excluding carboxylic acids is 1. The number of hydrogen-bond acceptors (Lipinski definition) is 5. The highest BCUT2D eigenvalue weighted by Gasteiger charge is 2.26. The maximum atomic E-state index is 11.9.